The fraction of sp³-hybridized carbons (Fsp3) is 0.462. The monoisotopic (exact) mass is 281 g/mol. The second kappa shape index (κ2) is 6.02. The van der Waals surface area contributed by atoms with Crippen LogP contribution in [0.2, 0.25) is 5.15 Å². The van der Waals surface area contributed by atoms with Gasteiger partial charge in [0.05, 0.1) is 10.6 Å². The quantitative estimate of drug-likeness (QED) is 0.486. The van der Waals surface area contributed by atoms with Gasteiger partial charge in [0, 0.05) is 25.7 Å². The summed E-state index contributed by atoms with van der Waals surface area (Å²) in [5.74, 6) is 0.173. The molecule has 1 fully saturated rings. The van der Waals surface area contributed by atoms with E-state index in [1.807, 2.05) is 18.0 Å². The molecule has 1 saturated heterocycles. The molecule has 0 spiro atoms. The maximum Gasteiger partial charge on any atom is 0.253 e. The number of allylic oxidation sites excluding steroid dienone is 1. The van der Waals surface area contributed by atoms with Crippen molar-refractivity contribution in [1.29, 1.82) is 0 Å². The van der Waals surface area contributed by atoms with Gasteiger partial charge in [-0.2, -0.15) is 0 Å². The molecule has 0 N–H and O–H groups in total. The minimum absolute atomic E-state index is 0.173. The molecule has 19 heavy (non-hydrogen) atoms. The normalized spacial score (nSPS) is 21.7. The average molecular weight is 282 g/mol. The van der Waals surface area contributed by atoms with Crippen molar-refractivity contribution in [3.8, 4) is 0 Å². The molecule has 1 atom stereocenters. The van der Waals surface area contributed by atoms with Gasteiger partial charge >= 0.3 is 0 Å². The lowest BCUT2D eigenvalue weighted by Crippen LogP contribution is -2.31. The second-order valence-electron chi connectivity index (χ2n) is 4.79. The number of hydrogen-bond donors (Lipinski definition) is 0. The van der Waals surface area contributed by atoms with E-state index in [1.54, 1.807) is 12.3 Å². The maximum atomic E-state index is 10.7. The molecule has 1 unspecified atom stereocenters. The van der Waals surface area contributed by atoms with Crippen molar-refractivity contribution in [2.24, 2.45) is 5.92 Å². The zero-order valence-corrected chi connectivity index (χ0v) is 11.5. The van der Waals surface area contributed by atoms with Crippen molar-refractivity contribution < 1.29 is 4.92 Å². The molecule has 0 bridgehead atoms. The lowest BCUT2D eigenvalue weighted by molar-refractivity contribution is -0.405. The third-order valence-corrected chi connectivity index (χ3v) is 3.64. The van der Waals surface area contributed by atoms with Gasteiger partial charge in [-0.05, 0) is 30.9 Å². The Bertz CT molecular complexity index is 487. The summed E-state index contributed by atoms with van der Waals surface area (Å²) in [5.41, 5.74) is 1.85. The molecular formula is C13H16ClN3O2. The van der Waals surface area contributed by atoms with Gasteiger partial charge in [-0.1, -0.05) is 17.7 Å². The molecule has 0 aromatic carbocycles. The van der Waals surface area contributed by atoms with Crippen LogP contribution in [-0.2, 0) is 6.42 Å². The summed E-state index contributed by atoms with van der Waals surface area (Å²) in [6.07, 6.45) is 5.64. The van der Waals surface area contributed by atoms with Gasteiger partial charge in [-0.25, -0.2) is 4.98 Å². The van der Waals surface area contributed by atoms with Crippen LogP contribution < -0.4 is 0 Å². The Balaban J connectivity index is 2.16. The molecule has 6 heteroatoms. The zero-order chi connectivity index (χ0) is 13.8. The third-order valence-electron chi connectivity index (χ3n) is 3.41. The van der Waals surface area contributed by atoms with Gasteiger partial charge in [-0.3, -0.25) is 10.1 Å². The van der Waals surface area contributed by atoms with Gasteiger partial charge in [0.25, 0.3) is 6.20 Å². The predicted octanol–water partition coefficient (Wildman–Crippen LogP) is 2.74. The summed E-state index contributed by atoms with van der Waals surface area (Å²) < 4.78 is 0. The number of aromatic nitrogens is 1. The number of piperidine rings is 1. The summed E-state index contributed by atoms with van der Waals surface area (Å²) in [6.45, 7) is 0.870. The SMILES string of the molecule is CN1CCCC(Cc2ccc(Cl)nc2)/C1=C\[N+](=O)[O-]. The molecular weight excluding hydrogens is 266 g/mol. The van der Waals surface area contributed by atoms with Crippen LogP contribution >= 0.6 is 11.6 Å². The van der Waals surface area contributed by atoms with Crippen LogP contribution in [0.5, 0.6) is 0 Å². The summed E-state index contributed by atoms with van der Waals surface area (Å²) in [7, 11) is 1.90. The highest BCUT2D eigenvalue weighted by Crippen LogP contribution is 2.29. The van der Waals surface area contributed by atoms with Gasteiger partial charge in [0.2, 0.25) is 0 Å². The molecule has 0 aliphatic carbocycles. The summed E-state index contributed by atoms with van der Waals surface area (Å²) >= 11 is 5.76. The van der Waals surface area contributed by atoms with Crippen LogP contribution in [0.4, 0.5) is 0 Å². The van der Waals surface area contributed by atoms with Crippen LogP contribution in [-0.4, -0.2) is 28.4 Å². The number of hydrogen-bond acceptors (Lipinski definition) is 4. The van der Waals surface area contributed by atoms with Crippen LogP contribution in [0.1, 0.15) is 18.4 Å². The fourth-order valence-electron chi connectivity index (χ4n) is 2.49. The topological polar surface area (TPSA) is 59.3 Å². The number of nitrogens with zero attached hydrogens (tertiary/aromatic N) is 3. The molecule has 0 amide bonds. The molecule has 102 valence electrons. The molecule has 1 aliphatic heterocycles. The van der Waals surface area contributed by atoms with Crippen LogP contribution in [0.3, 0.4) is 0 Å². The lowest BCUT2D eigenvalue weighted by Gasteiger charge is -2.32. The van der Waals surface area contributed by atoms with E-state index < -0.39 is 0 Å². The molecule has 2 rings (SSSR count). The average Bonchev–Trinajstić information content (AvgIpc) is 2.36. The molecule has 2 heterocycles. The largest absolute Gasteiger partial charge is 0.373 e. The predicted molar refractivity (Wildman–Crippen MR) is 73.4 cm³/mol. The van der Waals surface area contributed by atoms with E-state index >= 15 is 0 Å². The van der Waals surface area contributed by atoms with Gasteiger partial charge < -0.3 is 4.90 Å². The van der Waals surface area contributed by atoms with Crippen molar-refractivity contribution in [2.75, 3.05) is 13.6 Å². The first-order valence-electron chi connectivity index (χ1n) is 6.23. The Kier molecular flexibility index (Phi) is 4.37. The Morgan fingerprint density at radius 2 is 2.42 bits per heavy atom. The van der Waals surface area contributed by atoms with E-state index in [1.165, 1.54) is 0 Å². The summed E-state index contributed by atoms with van der Waals surface area (Å²) in [5, 5.41) is 11.2. The second-order valence-corrected chi connectivity index (χ2v) is 5.18. The first kappa shape index (κ1) is 13.8. The smallest absolute Gasteiger partial charge is 0.253 e. The van der Waals surface area contributed by atoms with Gasteiger partial charge in [0.1, 0.15) is 5.15 Å². The van der Waals surface area contributed by atoms with E-state index in [9.17, 15) is 10.1 Å². The van der Waals surface area contributed by atoms with Gasteiger partial charge in [-0.15, -0.1) is 0 Å². The Hall–Kier alpha value is -1.62. The van der Waals surface area contributed by atoms with Crippen molar-refractivity contribution in [3.05, 3.63) is 51.1 Å². The van der Waals surface area contributed by atoms with E-state index in [4.69, 9.17) is 11.6 Å². The first-order chi connectivity index (χ1) is 9.06. The summed E-state index contributed by atoms with van der Waals surface area (Å²) in [4.78, 5) is 16.4. The first-order valence-corrected chi connectivity index (χ1v) is 6.61. The molecule has 5 nitrogen and oxygen atoms in total. The van der Waals surface area contributed by atoms with Gasteiger partial charge in [0.15, 0.2) is 0 Å². The molecule has 1 aromatic heterocycles. The highest BCUT2D eigenvalue weighted by Gasteiger charge is 2.25. The fourth-order valence-corrected chi connectivity index (χ4v) is 2.61. The van der Waals surface area contributed by atoms with Crippen molar-refractivity contribution in [3.63, 3.8) is 0 Å². The third kappa shape index (κ3) is 3.67. The molecule has 0 radical (unpaired) electrons. The van der Waals surface area contributed by atoms with Crippen LogP contribution in [0, 0.1) is 16.0 Å². The number of pyridine rings is 1. The Morgan fingerprint density at radius 3 is 3.05 bits per heavy atom. The van der Waals surface area contributed by atoms with E-state index in [0.29, 0.717) is 5.15 Å². The van der Waals surface area contributed by atoms with Crippen molar-refractivity contribution in [2.45, 2.75) is 19.3 Å². The molecule has 0 saturated carbocycles. The number of rotatable bonds is 3. The zero-order valence-electron chi connectivity index (χ0n) is 10.8. The van der Waals surface area contributed by atoms with Crippen LogP contribution in [0.15, 0.2) is 30.2 Å². The van der Waals surface area contributed by atoms with Crippen molar-refractivity contribution >= 4 is 11.6 Å². The van der Waals surface area contributed by atoms with E-state index in [2.05, 4.69) is 4.98 Å². The number of nitro groups is 1. The van der Waals surface area contributed by atoms with Crippen molar-refractivity contribution in [1.82, 2.24) is 9.88 Å². The lowest BCUT2D eigenvalue weighted by atomic mass is 9.89. The van der Waals surface area contributed by atoms with Crippen LogP contribution in [0.25, 0.3) is 0 Å². The number of halogens is 1. The maximum absolute atomic E-state index is 10.7. The Morgan fingerprint density at radius 1 is 1.63 bits per heavy atom. The standard InChI is InChI=1S/C13H16ClN3O2/c1-16-6-2-3-11(12(16)9-17(18)19)7-10-4-5-13(14)15-8-10/h4-5,8-9,11H,2-3,6-7H2,1H3/b12-9+. The Labute approximate surface area is 117 Å². The highest BCUT2D eigenvalue weighted by molar-refractivity contribution is 6.29. The minimum Gasteiger partial charge on any atom is -0.373 e. The van der Waals surface area contributed by atoms with E-state index in [-0.39, 0.29) is 10.8 Å². The number of likely N-dealkylation sites (tertiary alicyclic amines) is 1. The van der Waals surface area contributed by atoms with E-state index in [0.717, 1.165) is 43.3 Å². The highest BCUT2D eigenvalue weighted by atomic mass is 35.5. The minimum atomic E-state index is -0.371. The molecule has 1 aliphatic rings. The summed E-state index contributed by atoms with van der Waals surface area (Å²) in [6, 6.07) is 3.67. The molecule has 1 aromatic rings.